The van der Waals surface area contributed by atoms with Gasteiger partial charge in [0.05, 0.1) is 27.4 Å². The van der Waals surface area contributed by atoms with E-state index in [-0.39, 0.29) is 5.91 Å². The van der Waals surface area contributed by atoms with Crippen molar-refractivity contribution in [1.29, 1.82) is 5.26 Å². The maximum atomic E-state index is 12.3. The highest BCUT2D eigenvalue weighted by molar-refractivity contribution is 7.22. The maximum absolute atomic E-state index is 12.3. The van der Waals surface area contributed by atoms with Crippen LogP contribution in [0.15, 0.2) is 36.4 Å². The number of benzene rings is 2. The number of fused-ring (bicyclic) bond motifs is 1. The predicted octanol–water partition coefficient (Wildman–Crippen LogP) is 3.31. The van der Waals surface area contributed by atoms with E-state index < -0.39 is 0 Å². The minimum Gasteiger partial charge on any atom is -0.375 e. The van der Waals surface area contributed by atoms with Crippen molar-refractivity contribution in [2.24, 2.45) is 0 Å². The van der Waals surface area contributed by atoms with Crippen molar-refractivity contribution in [1.82, 2.24) is 4.98 Å². The van der Waals surface area contributed by atoms with Gasteiger partial charge in [-0.3, -0.25) is 4.79 Å². The Morgan fingerprint density at radius 1 is 1.36 bits per heavy atom. The van der Waals surface area contributed by atoms with Crippen LogP contribution < -0.4 is 11.1 Å². The van der Waals surface area contributed by atoms with Gasteiger partial charge in [0.25, 0.3) is 5.91 Å². The molecule has 0 bridgehead atoms. The smallest absolute Gasteiger partial charge is 0.257 e. The summed E-state index contributed by atoms with van der Waals surface area (Å²) in [6, 6.07) is 12.4. The summed E-state index contributed by atoms with van der Waals surface area (Å²) in [5, 5.41) is 12.4. The van der Waals surface area contributed by atoms with Crippen LogP contribution in [0.25, 0.3) is 10.2 Å². The number of rotatable bonds is 2. The van der Waals surface area contributed by atoms with E-state index >= 15 is 0 Å². The van der Waals surface area contributed by atoms with Gasteiger partial charge in [-0.05, 0) is 36.8 Å². The van der Waals surface area contributed by atoms with Crippen LogP contribution in [0.5, 0.6) is 0 Å². The van der Waals surface area contributed by atoms with Crippen LogP contribution in [0.1, 0.15) is 21.5 Å². The molecule has 0 atom stereocenters. The first-order valence-electron chi connectivity index (χ1n) is 6.55. The number of nitrogens with two attached hydrogens (primary N) is 1. The van der Waals surface area contributed by atoms with Crippen LogP contribution >= 0.6 is 11.3 Å². The standard InChI is InChI=1S/C16H12N4OS/c1-9-6-11(7-13-14(9)20-16(18)22-13)19-15(21)12-5-3-2-4-10(12)8-17/h2-7H,1H3,(H2,18,20)(H,19,21). The zero-order valence-corrected chi connectivity index (χ0v) is 12.6. The second-order valence-corrected chi connectivity index (χ2v) is 5.87. The third-order valence-electron chi connectivity index (χ3n) is 3.25. The lowest BCUT2D eigenvalue weighted by atomic mass is 10.1. The molecule has 0 radical (unpaired) electrons. The van der Waals surface area contributed by atoms with E-state index in [2.05, 4.69) is 10.3 Å². The van der Waals surface area contributed by atoms with Crippen molar-refractivity contribution < 1.29 is 4.79 Å². The Balaban J connectivity index is 1.96. The molecule has 1 aromatic heterocycles. The summed E-state index contributed by atoms with van der Waals surface area (Å²) in [6.07, 6.45) is 0. The van der Waals surface area contributed by atoms with Gasteiger partial charge in [-0.25, -0.2) is 4.98 Å². The van der Waals surface area contributed by atoms with Crippen LogP contribution in [0.2, 0.25) is 0 Å². The van der Waals surface area contributed by atoms with Gasteiger partial charge >= 0.3 is 0 Å². The van der Waals surface area contributed by atoms with Crippen molar-refractivity contribution in [3.63, 3.8) is 0 Å². The summed E-state index contributed by atoms with van der Waals surface area (Å²) in [4.78, 5) is 16.6. The number of thiazole rings is 1. The number of carbonyl (C=O) groups is 1. The van der Waals surface area contributed by atoms with Gasteiger partial charge in [0.2, 0.25) is 0 Å². The largest absolute Gasteiger partial charge is 0.375 e. The van der Waals surface area contributed by atoms with Gasteiger partial charge < -0.3 is 11.1 Å². The third kappa shape index (κ3) is 2.50. The molecule has 6 heteroatoms. The summed E-state index contributed by atoms with van der Waals surface area (Å²) in [5.74, 6) is -0.312. The lowest BCUT2D eigenvalue weighted by molar-refractivity contribution is 0.102. The van der Waals surface area contributed by atoms with Crippen molar-refractivity contribution in [3.8, 4) is 6.07 Å². The Morgan fingerprint density at radius 3 is 2.91 bits per heavy atom. The Labute approximate surface area is 131 Å². The van der Waals surface area contributed by atoms with Gasteiger partial charge in [0, 0.05) is 5.69 Å². The van der Waals surface area contributed by atoms with Crippen molar-refractivity contribution in [3.05, 3.63) is 53.1 Å². The van der Waals surface area contributed by atoms with E-state index in [1.54, 1.807) is 24.3 Å². The monoisotopic (exact) mass is 308 g/mol. The number of hydrogen-bond donors (Lipinski definition) is 2. The van der Waals surface area contributed by atoms with Gasteiger partial charge in [-0.15, -0.1) is 0 Å². The number of nitriles is 1. The number of nitrogens with one attached hydrogen (secondary N) is 1. The van der Waals surface area contributed by atoms with E-state index in [9.17, 15) is 4.79 Å². The molecule has 0 spiro atoms. The average Bonchev–Trinajstić information content (AvgIpc) is 2.88. The number of nitrogens with zero attached hydrogens (tertiary/aromatic N) is 2. The number of hydrogen-bond acceptors (Lipinski definition) is 5. The lowest BCUT2D eigenvalue weighted by Crippen LogP contribution is -2.13. The van der Waals surface area contributed by atoms with Crippen LogP contribution in [-0.4, -0.2) is 10.9 Å². The van der Waals surface area contributed by atoms with Crippen molar-refractivity contribution >= 4 is 38.3 Å². The van der Waals surface area contributed by atoms with Gasteiger partial charge in [0.15, 0.2) is 5.13 Å². The molecule has 22 heavy (non-hydrogen) atoms. The van der Waals surface area contributed by atoms with E-state index in [1.165, 1.54) is 11.3 Å². The number of aryl methyl sites for hydroxylation is 1. The Kier molecular flexibility index (Phi) is 3.49. The molecule has 0 aliphatic carbocycles. The van der Waals surface area contributed by atoms with Crippen molar-refractivity contribution in [2.45, 2.75) is 6.92 Å². The Hall–Kier alpha value is -2.91. The molecule has 108 valence electrons. The zero-order valence-electron chi connectivity index (χ0n) is 11.8. The SMILES string of the molecule is Cc1cc(NC(=O)c2ccccc2C#N)cc2sc(N)nc12. The molecule has 3 rings (SSSR count). The molecule has 0 aliphatic heterocycles. The number of amides is 1. The Morgan fingerprint density at radius 2 is 2.14 bits per heavy atom. The molecule has 3 N–H and O–H groups in total. The number of aromatic nitrogens is 1. The van der Waals surface area contributed by atoms with Crippen molar-refractivity contribution in [2.75, 3.05) is 11.1 Å². The molecule has 1 heterocycles. The topological polar surface area (TPSA) is 91.8 Å². The first-order chi connectivity index (χ1) is 10.6. The predicted molar refractivity (Wildman–Crippen MR) is 87.9 cm³/mol. The molecule has 0 aliphatic rings. The fourth-order valence-corrected chi connectivity index (χ4v) is 3.11. The van der Waals surface area contributed by atoms with E-state index in [0.717, 1.165) is 15.8 Å². The van der Waals surface area contributed by atoms with Crippen LogP contribution in [0, 0.1) is 18.3 Å². The number of nitrogen functional groups attached to an aromatic ring is 1. The van der Waals surface area contributed by atoms with Gasteiger partial charge in [0.1, 0.15) is 0 Å². The molecular formula is C16H12N4OS. The molecule has 2 aromatic carbocycles. The average molecular weight is 308 g/mol. The second-order valence-electron chi connectivity index (χ2n) is 4.80. The molecule has 3 aromatic rings. The minimum atomic E-state index is -0.312. The first kappa shape index (κ1) is 14.0. The highest BCUT2D eigenvalue weighted by Gasteiger charge is 2.12. The molecule has 0 saturated heterocycles. The quantitative estimate of drug-likeness (QED) is 0.759. The number of anilines is 2. The minimum absolute atomic E-state index is 0.312. The highest BCUT2D eigenvalue weighted by Crippen LogP contribution is 2.29. The third-order valence-corrected chi connectivity index (χ3v) is 4.08. The first-order valence-corrected chi connectivity index (χ1v) is 7.37. The van der Waals surface area contributed by atoms with E-state index in [0.29, 0.717) is 21.9 Å². The van der Waals surface area contributed by atoms with E-state index in [4.69, 9.17) is 11.0 Å². The molecule has 1 amide bonds. The second kappa shape index (κ2) is 5.47. The summed E-state index contributed by atoms with van der Waals surface area (Å²) in [7, 11) is 0. The normalized spacial score (nSPS) is 10.4. The highest BCUT2D eigenvalue weighted by atomic mass is 32.1. The zero-order chi connectivity index (χ0) is 15.7. The van der Waals surface area contributed by atoms with Crippen LogP contribution in [-0.2, 0) is 0 Å². The fraction of sp³-hybridized carbons (Fsp3) is 0.0625. The molecule has 5 nitrogen and oxygen atoms in total. The Bertz CT molecular complexity index is 924. The summed E-state index contributed by atoms with van der Waals surface area (Å²) in [5.41, 5.74) is 8.87. The van der Waals surface area contributed by atoms with E-state index in [1.807, 2.05) is 25.1 Å². The van der Waals surface area contributed by atoms with Crippen LogP contribution in [0.3, 0.4) is 0 Å². The molecular weight excluding hydrogens is 296 g/mol. The molecule has 0 unspecified atom stereocenters. The summed E-state index contributed by atoms with van der Waals surface area (Å²) >= 11 is 1.37. The number of carbonyl (C=O) groups excluding carboxylic acids is 1. The molecule has 0 saturated carbocycles. The maximum Gasteiger partial charge on any atom is 0.257 e. The lowest BCUT2D eigenvalue weighted by Gasteiger charge is -2.07. The summed E-state index contributed by atoms with van der Waals surface area (Å²) in [6.45, 7) is 1.92. The van der Waals surface area contributed by atoms with Crippen LogP contribution in [0.4, 0.5) is 10.8 Å². The molecule has 0 fully saturated rings. The van der Waals surface area contributed by atoms with Gasteiger partial charge in [-0.1, -0.05) is 23.5 Å². The fourth-order valence-electron chi connectivity index (χ4n) is 2.26. The van der Waals surface area contributed by atoms with Gasteiger partial charge in [-0.2, -0.15) is 5.26 Å². The summed E-state index contributed by atoms with van der Waals surface area (Å²) < 4.78 is 0.918.